The molecule has 21 heavy (non-hydrogen) atoms. The van der Waals surface area contributed by atoms with Gasteiger partial charge in [0, 0.05) is 11.6 Å². The molecule has 0 bridgehead atoms. The van der Waals surface area contributed by atoms with Gasteiger partial charge in [0.15, 0.2) is 5.82 Å². The van der Waals surface area contributed by atoms with Gasteiger partial charge < -0.3 is 5.11 Å². The number of hydrogen-bond acceptors (Lipinski definition) is 5. The maximum absolute atomic E-state index is 13.7. The van der Waals surface area contributed by atoms with E-state index in [1.807, 2.05) is 0 Å². The Morgan fingerprint density at radius 2 is 2.10 bits per heavy atom. The second kappa shape index (κ2) is 5.62. The molecule has 1 heterocycles. The molecule has 0 saturated carbocycles. The van der Waals surface area contributed by atoms with Crippen molar-refractivity contribution >= 4 is 15.8 Å². The van der Waals surface area contributed by atoms with E-state index in [2.05, 4.69) is 14.9 Å². The number of aromatic nitrogens is 2. The third kappa shape index (κ3) is 3.26. The molecule has 0 aliphatic rings. The van der Waals surface area contributed by atoms with Crippen molar-refractivity contribution in [2.75, 3.05) is 4.72 Å². The monoisotopic (exact) mass is 313 g/mol. The molecular formula is C12H12FN3O4S. The van der Waals surface area contributed by atoms with Crippen molar-refractivity contribution in [3.8, 4) is 0 Å². The Morgan fingerprint density at radius 1 is 1.38 bits per heavy atom. The molecule has 0 aliphatic carbocycles. The van der Waals surface area contributed by atoms with Gasteiger partial charge in [-0.15, -0.1) is 0 Å². The SMILES string of the molecule is Cc1c(F)cc(CO)cc1S(=O)(=O)Nc1ccc(=O)[nH]n1. The van der Waals surface area contributed by atoms with Gasteiger partial charge in [-0.05, 0) is 30.7 Å². The number of halogens is 1. The van der Waals surface area contributed by atoms with E-state index in [0.717, 1.165) is 12.1 Å². The van der Waals surface area contributed by atoms with Gasteiger partial charge in [-0.2, -0.15) is 5.10 Å². The molecule has 0 amide bonds. The van der Waals surface area contributed by atoms with Crippen LogP contribution in [-0.4, -0.2) is 23.7 Å². The fourth-order valence-corrected chi connectivity index (χ4v) is 2.98. The minimum absolute atomic E-state index is 0.0795. The quantitative estimate of drug-likeness (QED) is 0.761. The Balaban J connectivity index is 2.46. The number of anilines is 1. The number of aliphatic hydroxyl groups excluding tert-OH is 1. The topological polar surface area (TPSA) is 112 Å². The van der Waals surface area contributed by atoms with E-state index >= 15 is 0 Å². The highest BCUT2D eigenvalue weighted by Crippen LogP contribution is 2.22. The van der Waals surface area contributed by atoms with Crippen LogP contribution in [0.4, 0.5) is 10.2 Å². The van der Waals surface area contributed by atoms with E-state index in [9.17, 15) is 17.6 Å². The van der Waals surface area contributed by atoms with Gasteiger partial charge in [-0.1, -0.05) is 0 Å². The minimum atomic E-state index is -4.10. The van der Waals surface area contributed by atoms with Crippen molar-refractivity contribution in [1.29, 1.82) is 0 Å². The van der Waals surface area contributed by atoms with Crippen LogP contribution in [0, 0.1) is 12.7 Å². The highest BCUT2D eigenvalue weighted by Gasteiger charge is 2.21. The number of benzene rings is 1. The van der Waals surface area contributed by atoms with Crippen LogP contribution < -0.4 is 10.3 Å². The van der Waals surface area contributed by atoms with Crippen molar-refractivity contribution in [2.24, 2.45) is 0 Å². The molecule has 112 valence electrons. The van der Waals surface area contributed by atoms with Crippen molar-refractivity contribution in [1.82, 2.24) is 10.2 Å². The standard InChI is InChI=1S/C12H12FN3O4S/c1-7-9(13)4-8(6-17)5-10(7)21(19,20)16-11-2-3-12(18)15-14-11/h2-5,17H,6H2,1H3,(H,14,16)(H,15,18). The number of hydrogen-bond donors (Lipinski definition) is 3. The number of aromatic amines is 1. The summed E-state index contributed by atoms with van der Waals surface area (Å²) in [5, 5.41) is 14.6. The second-order valence-electron chi connectivity index (χ2n) is 4.27. The van der Waals surface area contributed by atoms with E-state index in [1.54, 1.807) is 0 Å². The summed E-state index contributed by atoms with van der Waals surface area (Å²) in [4.78, 5) is 10.6. The van der Waals surface area contributed by atoms with Gasteiger partial charge in [0.1, 0.15) is 5.82 Å². The smallest absolute Gasteiger partial charge is 0.264 e. The second-order valence-corrected chi connectivity index (χ2v) is 5.92. The molecule has 7 nitrogen and oxygen atoms in total. The van der Waals surface area contributed by atoms with Crippen LogP contribution in [-0.2, 0) is 16.6 Å². The molecule has 9 heteroatoms. The molecule has 0 unspecified atom stereocenters. The molecule has 2 rings (SSSR count). The zero-order valence-corrected chi connectivity index (χ0v) is 11.7. The molecule has 3 N–H and O–H groups in total. The highest BCUT2D eigenvalue weighted by atomic mass is 32.2. The maximum atomic E-state index is 13.7. The zero-order valence-electron chi connectivity index (χ0n) is 10.9. The number of H-pyrrole nitrogens is 1. The molecule has 1 aromatic heterocycles. The molecule has 2 aromatic rings. The summed E-state index contributed by atoms with van der Waals surface area (Å²) in [5.41, 5.74) is -0.431. The summed E-state index contributed by atoms with van der Waals surface area (Å²) in [7, 11) is -4.10. The number of rotatable bonds is 4. The Labute approximate surface area is 119 Å². The van der Waals surface area contributed by atoms with Gasteiger partial charge in [0.2, 0.25) is 0 Å². The van der Waals surface area contributed by atoms with Crippen LogP contribution >= 0.6 is 0 Å². The van der Waals surface area contributed by atoms with E-state index in [4.69, 9.17) is 5.11 Å². The van der Waals surface area contributed by atoms with Crippen LogP contribution in [0.3, 0.4) is 0 Å². The lowest BCUT2D eigenvalue weighted by Gasteiger charge is -2.11. The van der Waals surface area contributed by atoms with Crippen LogP contribution in [0.15, 0.2) is 34.0 Å². The predicted molar refractivity (Wildman–Crippen MR) is 72.7 cm³/mol. The van der Waals surface area contributed by atoms with Crippen molar-refractivity contribution in [3.63, 3.8) is 0 Å². The summed E-state index contributed by atoms with van der Waals surface area (Å²) in [6.45, 7) is 0.821. The van der Waals surface area contributed by atoms with Crippen LogP contribution in [0.25, 0.3) is 0 Å². The summed E-state index contributed by atoms with van der Waals surface area (Å²) in [5.74, 6) is -0.847. The van der Waals surface area contributed by atoms with Crippen LogP contribution in [0.2, 0.25) is 0 Å². The first-order valence-electron chi connectivity index (χ1n) is 5.82. The summed E-state index contributed by atoms with van der Waals surface area (Å²) in [6.07, 6.45) is 0. The lowest BCUT2D eigenvalue weighted by atomic mass is 10.1. The van der Waals surface area contributed by atoms with Gasteiger partial charge in [0.05, 0.1) is 11.5 Å². The molecule has 1 aromatic carbocycles. The van der Waals surface area contributed by atoms with E-state index in [1.165, 1.54) is 19.1 Å². The van der Waals surface area contributed by atoms with Crippen molar-refractivity contribution in [3.05, 3.63) is 51.6 Å². The summed E-state index contributed by atoms with van der Waals surface area (Å²) in [6, 6.07) is 4.51. The summed E-state index contributed by atoms with van der Waals surface area (Å²) < 4.78 is 40.3. The largest absolute Gasteiger partial charge is 0.392 e. The zero-order chi connectivity index (χ0) is 15.6. The number of aliphatic hydroxyl groups is 1. The highest BCUT2D eigenvalue weighted by molar-refractivity contribution is 7.92. The van der Waals surface area contributed by atoms with Gasteiger partial charge in [-0.3, -0.25) is 9.52 Å². The molecule has 0 spiro atoms. The van der Waals surface area contributed by atoms with E-state index < -0.39 is 28.0 Å². The van der Waals surface area contributed by atoms with Gasteiger partial charge in [0.25, 0.3) is 15.6 Å². The van der Waals surface area contributed by atoms with Gasteiger partial charge >= 0.3 is 0 Å². The molecular weight excluding hydrogens is 301 g/mol. The number of sulfonamides is 1. The Morgan fingerprint density at radius 3 is 2.67 bits per heavy atom. The van der Waals surface area contributed by atoms with Gasteiger partial charge in [-0.25, -0.2) is 17.9 Å². The van der Waals surface area contributed by atoms with Crippen LogP contribution in [0.1, 0.15) is 11.1 Å². The average molecular weight is 313 g/mol. The minimum Gasteiger partial charge on any atom is -0.392 e. The van der Waals surface area contributed by atoms with E-state index in [-0.39, 0.29) is 21.8 Å². The number of nitrogens with zero attached hydrogens (tertiary/aromatic N) is 1. The third-order valence-corrected chi connectivity index (χ3v) is 4.23. The fraction of sp³-hybridized carbons (Fsp3) is 0.167. The Bertz CT molecular complexity index is 812. The average Bonchev–Trinajstić information content (AvgIpc) is 2.43. The summed E-state index contributed by atoms with van der Waals surface area (Å²) >= 11 is 0. The number of nitrogens with one attached hydrogen (secondary N) is 2. The lowest BCUT2D eigenvalue weighted by molar-refractivity contribution is 0.281. The normalized spacial score (nSPS) is 11.4. The van der Waals surface area contributed by atoms with Crippen molar-refractivity contribution < 1.29 is 17.9 Å². The molecule has 0 radical (unpaired) electrons. The first-order valence-corrected chi connectivity index (χ1v) is 7.30. The lowest BCUT2D eigenvalue weighted by Crippen LogP contribution is -2.18. The maximum Gasteiger partial charge on any atom is 0.264 e. The van der Waals surface area contributed by atoms with E-state index in [0.29, 0.717) is 0 Å². The molecule has 0 aliphatic heterocycles. The first kappa shape index (κ1) is 15.1. The predicted octanol–water partition coefficient (Wildman–Crippen LogP) is 0.511. The molecule has 0 saturated heterocycles. The Kier molecular flexibility index (Phi) is 4.05. The molecule has 0 fully saturated rings. The first-order chi connectivity index (χ1) is 9.83. The van der Waals surface area contributed by atoms with Crippen LogP contribution in [0.5, 0.6) is 0 Å². The third-order valence-electron chi connectivity index (χ3n) is 2.75. The molecule has 0 atom stereocenters. The van der Waals surface area contributed by atoms with Crippen molar-refractivity contribution in [2.45, 2.75) is 18.4 Å². The Hall–Kier alpha value is -2.26. The fourth-order valence-electron chi connectivity index (χ4n) is 1.67.